The highest BCUT2D eigenvalue weighted by Gasteiger charge is 2.23. The zero-order valence-electron chi connectivity index (χ0n) is 16.3. The molecule has 30 heavy (non-hydrogen) atoms. The first-order valence-corrected chi connectivity index (χ1v) is 11.8. The third-order valence-electron chi connectivity index (χ3n) is 4.71. The molecule has 2 N–H and O–H groups in total. The number of thiazole rings is 1. The summed E-state index contributed by atoms with van der Waals surface area (Å²) in [5.74, 6) is 0.625. The van der Waals surface area contributed by atoms with Crippen LogP contribution in [0.5, 0.6) is 5.75 Å². The number of nitrogens with one attached hydrogen (secondary N) is 2. The van der Waals surface area contributed by atoms with Gasteiger partial charge in [0.25, 0.3) is 10.0 Å². The predicted molar refractivity (Wildman–Crippen MR) is 115 cm³/mol. The third-order valence-corrected chi connectivity index (χ3v) is 7.00. The number of rotatable bonds is 6. The van der Waals surface area contributed by atoms with E-state index in [1.165, 1.54) is 12.1 Å². The Morgan fingerprint density at radius 2 is 2.03 bits per heavy atom. The summed E-state index contributed by atoms with van der Waals surface area (Å²) in [7, 11) is -3.71. The highest BCUT2D eigenvalue weighted by molar-refractivity contribution is 7.93. The van der Waals surface area contributed by atoms with Crippen LogP contribution in [0.15, 0.2) is 58.8 Å². The monoisotopic (exact) mass is 443 g/mol. The van der Waals surface area contributed by atoms with E-state index in [0.29, 0.717) is 18.7 Å². The van der Waals surface area contributed by atoms with Gasteiger partial charge in [0.05, 0.1) is 29.7 Å². The highest BCUT2D eigenvalue weighted by Crippen LogP contribution is 2.32. The summed E-state index contributed by atoms with van der Waals surface area (Å²) in [6, 6.07) is 13.9. The molecule has 0 saturated heterocycles. The number of hydrogen-bond acceptors (Lipinski definition) is 6. The van der Waals surface area contributed by atoms with Gasteiger partial charge in [-0.3, -0.25) is 9.52 Å². The molecule has 0 fully saturated rings. The maximum Gasteiger partial charge on any atom is 0.263 e. The average molecular weight is 444 g/mol. The van der Waals surface area contributed by atoms with Gasteiger partial charge >= 0.3 is 0 Å². The summed E-state index contributed by atoms with van der Waals surface area (Å²) >= 11 is 1.15. The molecule has 1 aromatic heterocycles. The van der Waals surface area contributed by atoms with Crippen LogP contribution >= 0.6 is 11.3 Å². The number of amides is 1. The molecule has 1 aliphatic heterocycles. The van der Waals surface area contributed by atoms with Gasteiger partial charge < -0.3 is 10.1 Å². The van der Waals surface area contributed by atoms with Crippen molar-refractivity contribution in [2.45, 2.75) is 30.7 Å². The van der Waals surface area contributed by atoms with Gasteiger partial charge in [0.2, 0.25) is 5.91 Å². The number of aryl methyl sites for hydroxylation is 1. The Morgan fingerprint density at radius 1 is 1.23 bits per heavy atom. The van der Waals surface area contributed by atoms with Crippen molar-refractivity contribution in [2.75, 3.05) is 11.3 Å². The first-order valence-electron chi connectivity index (χ1n) is 9.46. The lowest BCUT2D eigenvalue weighted by molar-refractivity contribution is -0.121. The number of fused-ring (bicyclic) bond motifs is 1. The molecule has 7 nitrogen and oxygen atoms in total. The van der Waals surface area contributed by atoms with Crippen molar-refractivity contribution in [1.29, 1.82) is 0 Å². The van der Waals surface area contributed by atoms with E-state index >= 15 is 0 Å². The van der Waals surface area contributed by atoms with Gasteiger partial charge in [-0.1, -0.05) is 35.9 Å². The van der Waals surface area contributed by atoms with Crippen LogP contribution in [-0.2, 0) is 21.2 Å². The molecule has 4 rings (SSSR count). The Labute approximate surface area is 179 Å². The zero-order chi connectivity index (χ0) is 21.1. The highest BCUT2D eigenvalue weighted by atomic mass is 32.2. The molecule has 0 aliphatic carbocycles. The van der Waals surface area contributed by atoms with Gasteiger partial charge in [0.1, 0.15) is 5.75 Å². The zero-order valence-corrected chi connectivity index (χ0v) is 17.9. The minimum Gasteiger partial charge on any atom is -0.493 e. The van der Waals surface area contributed by atoms with Crippen LogP contribution in [-0.4, -0.2) is 25.9 Å². The topological polar surface area (TPSA) is 97.4 Å². The summed E-state index contributed by atoms with van der Waals surface area (Å²) < 4.78 is 32.9. The number of carbonyl (C=O) groups is 1. The molecular weight excluding hydrogens is 422 g/mol. The van der Waals surface area contributed by atoms with Gasteiger partial charge in [0, 0.05) is 17.4 Å². The summed E-state index contributed by atoms with van der Waals surface area (Å²) in [6.07, 6.45) is 0.767. The van der Waals surface area contributed by atoms with E-state index in [2.05, 4.69) is 15.0 Å². The fourth-order valence-corrected chi connectivity index (χ4v) is 5.27. The lowest BCUT2D eigenvalue weighted by Gasteiger charge is -2.27. The van der Waals surface area contributed by atoms with Crippen molar-refractivity contribution < 1.29 is 17.9 Å². The lowest BCUT2D eigenvalue weighted by Crippen LogP contribution is -2.33. The van der Waals surface area contributed by atoms with Gasteiger partial charge in [-0.15, -0.1) is 11.3 Å². The molecule has 9 heteroatoms. The minimum atomic E-state index is -3.71. The molecule has 2 heterocycles. The first kappa shape index (κ1) is 20.4. The van der Waals surface area contributed by atoms with E-state index in [1.54, 1.807) is 23.6 Å². The second-order valence-corrected chi connectivity index (χ2v) is 9.58. The number of nitrogens with zero attached hydrogens (tertiary/aromatic N) is 1. The van der Waals surface area contributed by atoms with Crippen LogP contribution in [0.4, 0.5) is 5.13 Å². The Kier molecular flexibility index (Phi) is 5.74. The van der Waals surface area contributed by atoms with E-state index in [0.717, 1.165) is 28.2 Å². The van der Waals surface area contributed by atoms with Crippen LogP contribution in [0.3, 0.4) is 0 Å². The Bertz CT molecular complexity index is 1160. The van der Waals surface area contributed by atoms with Crippen LogP contribution in [0.2, 0.25) is 0 Å². The number of carbonyl (C=O) groups excluding carboxylic acids is 1. The SMILES string of the molecule is Cc1ccc2c(c1)C(NC(=O)Cc1csc(NS(=O)(=O)c3ccccc3)n1)CCO2. The van der Waals surface area contributed by atoms with E-state index < -0.39 is 10.0 Å². The van der Waals surface area contributed by atoms with E-state index in [-0.39, 0.29) is 28.4 Å². The maximum absolute atomic E-state index is 12.6. The molecule has 1 unspecified atom stereocenters. The van der Waals surface area contributed by atoms with Crippen molar-refractivity contribution in [3.63, 3.8) is 0 Å². The van der Waals surface area contributed by atoms with Crippen molar-refractivity contribution in [3.8, 4) is 5.75 Å². The van der Waals surface area contributed by atoms with E-state index in [4.69, 9.17) is 4.74 Å². The van der Waals surface area contributed by atoms with E-state index in [1.807, 2.05) is 25.1 Å². The quantitative estimate of drug-likeness (QED) is 0.608. The van der Waals surface area contributed by atoms with Crippen LogP contribution in [0.25, 0.3) is 0 Å². The molecule has 3 aromatic rings. The largest absolute Gasteiger partial charge is 0.493 e. The molecule has 1 amide bonds. The van der Waals surface area contributed by atoms with Crippen molar-refractivity contribution in [3.05, 3.63) is 70.7 Å². The predicted octanol–water partition coefficient (Wildman–Crippen LogP) is 3.43. The number of ether oxygens (including phenoxy) is 1. The van der Waals surface area contributed by atoms with E-state index in [9.17, 15) is 13.2 Å². The van der Waals surface area contributed by atoms with Crippen molar-refractivity contribution >= 4 is 32.4 Å². The van der Waals surface area contributed by atoms with Crippen molar-refractivity contribution in [1.82, 2.24) is 10.3 Å². The van der Waals surface area contributed by atoms with Crippen LogP contribution in [0, 0.1) is 6.92 Å². The summed E-state index contributed by atoms with van der Waals surface area (Å²) in [6.45, 7) is 2.55. The molecule has 156 valence electrons. The Morgan fingerprint density at radius 3 is 2.83 bits per heavy atom. The second kappa shape index (κ2) is 8.45. The second-order valence-electron chi connectivity index (χ2n) is 7.04. The van der Waals surface area contributed by atoms with Gasteiger partial charge in [0.15, 0.2) is 5.13 Å². The minimum absolute atomic E-state index is 0.0715. The van der Waals surface area contributed by atoms with Gasteiger partial charge in [-0.05, 0) is 25.1 Å². The van der Waals surface area contributed by atoms with Crippen LogP contribution < -0.4 is 14.8 Å². The fourth-order valence-electron chi connectivity index (χ4n) is 3.28. The van der Waals surface area contributed by atoms with Gasteiger partial charge in [-0.2, -0.15) is 0 Å². The molecule has 2 aromatic carbocycles. The molecule has 0 saturated carbocycles. The maximum atomic E-state index is 12.6. The molecular formula is C21H21N3O4S2. The van der Waals surface area contributed by atoms with Crippen LogP contribution in [0.1, 0.15) is 29.3 Å². The molecule has 1 aliphatic rings. The number of benzene rings is 2. The summed E-state index contributed by atoms with van der Waals surface area (Å²) in [5.41, 5.74) is 2.59. The fraction of sp³-hybridized carbons (Fsp3) is 0.238. The summed E-state index contributed by atoms with van der Waals surface area (Å²) in [4.78, 5) is 17.0. The molecule has 0 radical (unpaired) electrons. The summed E-state index contributed by atoms with van der Waals surface area (Å²) in [5, 5.41) is 4.96. The molecule has 0 spiro atoms. The average Bonchev–Trinajstić information content (AvgIpc) is 3.15. The smallest absolute Gasteiger partial charge is 0.263 e. The normalized spacial score (nSPS) is 15.7. The molecule has 1 atom stereocenters. The first-order chi connectivity index (χ1) is 14.4. The van der Waals surface area contributed by atoms with Gasteiger partial charge in [-0.25, -0.2) is 13.4 Å². The Hall–Kier alpha value is -2.91. The lowest BCUT2D eigenvalue weighted by atomic mass is 9.98. The third kappa shape index (κ3) is 4.63. The standard InChI is InChI=1S/C21H21N3O4S2/c1-14-7-8-19-17(11-14)18(9-10-28-19)23-20(25)12-15-13-29-21(22-15)24-30(26,27)16-5-3-2-4-6-16/h2-8,11,13,18H,9-10,12H2,1H3,(H,22,24)(H,23,25). The molecule has 0 bridgehead atoms. The Balaban J connectivity index is 1.40. The van der Waals surface area contributed by atoms with Crippen molar-refractivity contribution in [2.24, 2.45) is 0 Å². The number of anilines is 1. The number of hydrogen-bond donors (Lipinski definition) is 2. The number of aromatic nitrogens is 1. The number of sulfonamides is 1.